The van der Waals surface area contributed by atoms with Crippen LogP contribution in [0.3, 0.4) is 0 Å². The van der Waals surface area contributed by atoms with Gasteiger partial charge in [0.05, 0.1) is 0 Å². The third-order valence-electron chi connectivity index (χ3n) is 3.83. The zero-order chi connectivity index (χ0) is 13.4. The Morgan fingerprint density at radius 1 is 1.37 bits per heavy atom. The van der Waals surface area contributed by atoms with Crippen molar-refractivity contribution in [3.63, 3.8) is 0 Å². The Morgan fingerprint density at radius 3 is 2.95 bits per heavy atom. The quantitative estimate of drug-likeness (QED) is 0.794. The highest BCUT2D eigenvalue weighted by molar-refractivity contribution is 5.84. The van der Waals surface area contributed by atoms with Crippen molar-refractivity contribution >= 4 is 16.7 Å². The van der Waals surface area contributed by atoms with E-state index in [2.05, 4.69) is 17.1 Å². The molecule has 1 saturated heterocycles. The topological polar surface area (TPSA) is 45.5 Å². The molecule has 1 N–H and O–H groups in total. The summed E-state index contributed by atoms with van der Waals surface area (Å²) in [5.41, 5.74) is 2.16. The predicted molar refractivity (Wildman–Crippen MR) is 76.9 cm³/mol. The van der Waals surface area contributed by atoms with Crippen LogP contribution in [-0.2, 0) is 0 Å². The highest BCUT2D eigenvalue weighted by atomic mass is 16.4. The lowest BCUT2D eigenvalue weighted by Gasteiger charge is -2.35. The molecule has 2 heterocycles. The van der Waals surface area contributed by atoms with Crippen molar-refractivity contribution in [1.82, 2.24) is 5.32 Å². The van der Waals surface area contributed by atoms with Crippen molar-refractivity contribution in [2.75, 3.05) is 24.5 Å². The molecule has 1 aliphatic rings. The van der Waals surface area contributed by atoms with Gasteiger partial charge in [0.2, 0.25) is 0 Å². The number of hydrogen-bond donors (Lipinski definition) is 1. The second kappa shape index (κ2) is 4.70. The maximum atomic E-state index is 12.3. The minimum atomic E-state index is -0.232. The minimum Gasteiger partial charge on any atom is -0.421 e. The standard InChI is InChI=1S/C15H18N2O2/c1-10-9-16-7-8-17(10)14-11(2)12-5-3-4-6-13(12)19-15(14)18/h3-6,10,16H,7-9H2,1-2H3. The molecule has 1 atom stereocenters. The number of nitrogens with one attached hydrogen (secondary N) is 1. The van der Waals surface area contributed by atoms with Crippen LogP contribution in [0.5, 0.6) is 0 Å². The third kappa shape index (κ3) is 2.02. The van der Waals surface area contributed by atoms with Gasteiger partial charge < -0.3 is 14.6 Å². The minimum absolute atomic E-state index is 0.232. The number of benzene rings is 1. The molecule has 0 spiro atoms. The first-order chi connectivity index (χ1) is 9.18. The van der Waals surface area contributed by atoms with Crippen LogP contribution in [0.25, 0.3) is 11.0 Å². The van der Waals surface area contributed by atoms with Gasteiger partial charge in [-0.25, -0.2) is 4.79 Å². The molecular formula is C15H18N2O2. The zero-order valence-corrected chi connectivity index (χ0v) is 11.3. The lowest BCUT2D eigenvalue weighted by molar-refractivity contribution is 0.486. The smallest absolute Gasteiger partial charge is 0.360 e. The van der Waals surface area contributed by atoms with E-state index in [9.17, 15) is 4.79 Å². The summed E-state index contributed by atoms with van der Waals surface area (Å²) in [6, 6.07) is 8.01. The van der Waals surface area contributed by atoms with Gasteiger partial charge in [0.25, 0.3) is 0 Å². The van der Waals surface area contributed by atoms with Gasteiger partial charge in [-0.1, -0.05) is 18.2 Å². The van der Waals surface area contributed by atoms with Crippen molar-refractivity contribution in [2.24, 2.45) is 0 Å². The Morgan fingerprint density at radius 2 is 2.16 bits per heavy atom. The fourth-order valence-corrected chi connectivity index (χ4v) is 2.80. The molecule has 1 fully saturated rings. The first-order valence-electron chi connectivity index (χ1n) is 6.68. The van der Waals surface area contributed by atoms with Crippen LogP contribution in [0.1, 0.15) is 12.5 Å². The van der Waals surface area contributed by atoms with Crippen LogP contribution < -0.4 is 15.8 Å². The summed E-state index contributed by atoms with van der Waals surface area (Å²) in [6.45, 7) is 6.76. The van der Waals surface area contributed by atoms with Crippen molar-refractivity contribution in [2.45, 2.75) is 19.9 Å². The molecule has 1 aliphatic heterocycles. The number of para-hydroxylation sites is 1. The van der Waals surface area contributed by atoms with E-state index in [0.717, 1.165) is 30.6 Å². The summed E-state index contributed by atoms with van der Waals surface area (Å²) in [5, 5.41) is 4.35. The fourth-order valence-electron chi connectivity index (χ4n) is 2.80. The van der Waals surface area contributed by atoms with E-state index >= 15 is 0 Å². The van der Waals surface area contributed by atoms with Crippen LogP contribution in [0, 0.1) is 6.92 Å². The number of hydrogen-bond acceptors (Lipinski definition) is 4. The average molecular weight is 258 g/mol. The van der Waals surface area contributed by atoms with Gasteiger partial charge in [0.15, 0.2) is 0 Å². The largest absolute Gasteiger partial charge is 0.421 e. The summed E-state index contributed by atoms with van der Waals surface area (Å²) >= 11 is 0. The first kappa shape index (κ1) is 12.2. The SMILES string of the molecule is Cc1c(N2CCNCC2C)c(=O)oc2ccccc12. The Bertz CT molecular complexity index is 663. The van der Waals surface area contributed by atoms with Gasteiger partial charge in [0.1, 0.15) is 11.3 Å². The number of nitrogens with zero attached hydrogens (tertiary/aromatic N) is 1. The highest BCUT2D eigenvalue weighted by Crippen LogP contribution is 2.26. The molecule has 0 bridgehead atoms. The van der Waals surface area contributed by atoms with E-state index in [1.165, 1.54) is 0 Å². The van der Waals surface area contributed by atoms with E-state index in [-0.39, 0.29) is 5.63 Å². The number of piperazine rings is 1. The number of aryl methyl sites for hydroxylation is 1. The lowest BCUT2D eigenvalue weighted by atomic mass is 10.1. The molecular weight excluding hydrogens is 240 g/mol. The van der Waals surface area contributed by atoms with Crippen LogP contribution in [0.4, 0.5) is 5.69 Å². The molecule has 1 aromatic carbocycles. The molecule has 4 heteroatoms. The van der Waals surface area contributed by atoms with E-state index in [1.807, 2.05) is 31.2 Å². The van der Waals surface area contributed by atoms with Gasteiger partial charge >= 0.3 is 5.63 Å². The molecule has 19 heavy (non-hydrogen) atoms. The van der Waals surface area contributed by atoms with Crippen LogP contribution >= 0.6 is 0 Å². The molecule has 0 aliphatic carbocycles. The Balaban J connectivity index is 2.20. The summed E-state index contributed by atoms with van der Waals surface area (Å²) < 4.78 is 5.46. The van der Waals surface area contributed by atoms with Crippen molar-refractivity contribution in [3.05, 3.63) is 40.2 Å². The molecule has 0 amide bonds. The van der Waals surface area contributed by atoms with E-state index < -0.39 is 0 Å². The van der Waals surface area contributed by atoms with Gasteiger partial charge in [-0.2, -0.15) is 0 Å². The van der Waals surface area contributed by atoms with E-state index in [0.29, 0.717) is 17.3 Å². The molecule has 0 saturated carbocycles. The summed E-state index contributed by atoms with van der Waals surface area (Å²) in [7, 11) is 0. The average Bonchev–Trinajstić information content (AvgIpc) is 2.41. The van der Waals surface area contributed by atoms with Crippen molar-refractivity contribution in [1.29, 1.82) is 0 Å². The maximum absolute atomic E-state index is 12.3. The Kier molecular flexibility index (Phi) is 3.03. The monoisotopic (exact) mass is 258 g/mol. The fraction of sp³-hybridized carbons (Fsp3) is 0.400. The predicted octanol–water partition coefficient (Wildman–Crippen LogP) is 1.90. The number of fused-ring (bicyclic) bond motifs is 1. The first-order valence-corrected chi connectivity index (χ1v) is 6.68. The van der Waals surface area contributed by atoms with Crippen LogP contribution in [0.15, 0.2) is 33.5 Å². The normalized spacial score (nSPS) is 19.9. The third-order valence-corrected chi connectivity index (χ3v) is 3.83. The number of anilines is 1. The second-order valence-electron chi connectivity index (χ2n) is 5.11. The van der Waals surface area contributed by atoms with Crippen LogP contribution in [0.2, 0.25) is 0 Å². The second-order valence-corrected chi connectivity index (χ2v) is 5.11. The summed E-state index contributed by atoms with van der Waals surface area (Å²) in [6.07, 6.45) is 0. The zero-order valence-electron chi connectivity index (χ0n) is 11.3. The van der Waals surface area contributed by atoms with Crippen molar-refractivity contribution < 1.29 is 4.42 Å². The van der Waals surface area contributed by atoms with Crippen molar-refractivity contribution in [3.8, 4) is 0 Å². The van der Waals surface area contributed by atoms with E-state index in [1.54, 1.807) is 0 Å². The summed E-state index contributed by atoms with van der Waals surface area (Å²) in [4.78, 5) is 14.4. The van der Waals surface area contributed by atoms with Gasteiger partial charge in [-0.05, 0) is 25.5 Å². The summed E-state index contributed by atoms with van der Waals surface area (Å²) in [5.74, 6) is 0. The molecule has 2 aromatic rings. The van der Waals surface area contributed by atoms with Gasteiger partial charge in [0, 0.05) is 31.1 Å². The molecule has 0 radical (unpaired) electrons. The Hall–Kier alpha value is -1.81. The molecule has 1 unspecified atom stereocenters. The molecule has 1 aromatic heterocycles. The molecule has 4 nitrogen and oxygen atoms in total. The highest BCUT2D eigenvalue weighted by Gasteiger charge is 2.24. The van der Waals surface area contributed by atoms with Gasteiger partial charge in [-0.3, -0.25) is 0 Å². The van der Waals surface area contributed by atoms with Crippen LogP contribution in [-0.4, -0.2) is 25.7 Å². The molecule has 100 valence electrons. The maximum Gasteiger partial charge on any atom is 0.360 e. The number of rotatable bonds is 1. The molecule has 3 rings (SSSR count). The Labute approximate surface area is 112 Å². The lowest BCUT2D eigenvalue weighted by Crippen LogP contribution is -2.51. The van der Waals surface area contributed by atoms with Gasteiger partial charge in [-0.15, -0.1) is 0 Å². The van der Waals surface area contributed by atoms with E-state index in [4.69, 9.17) is 4.42 Å².